The van der Waals surface area contributed by atoms with Crippen LogP contribution in [0.3, 0.4) is 0 Å². The molecule has 3 aliphatic rings. The monoisotopic (exact) mass is 414 g/mol. The van der Waals surface area contributed by atoms with Gasteiger partial charge >= 0.3 is 11.8 Å². The summed E-state index contributed by atoms with van der Waals surface area (Å²) in [6, 6.07) is 7.92. The second-order valence-corrected chi connectivity index (χ2v) is 8.56. The highest BCUT2D eigenvalue weighted by atomic mass is 16.5. The number of hydrogen-bond donors (Lipinski definition) is 3. The predicted molar refractivity (Wildman–Crippen MR) is 111 cm³/mol. The highest BCUT2D eigenvalue weighted by Gasteiger charge is 2.48. The fraction of sp³-hybridized carbons (Fsp3) is 0.591. The summed E-state index contributed by atoms with van der Waals surface area (Å²) in [6.07, 6.45) is 4.14. The molecule has 162 valence electrons. The lowest BCUT2D eigenvalue weighted by Gasteiger charge is -2.41. The van der Waals surface area contributed by atoms with E-state index in [0.717, 1.165) is 30.5 Å². The van der Waals surface area contributed by atoms with Gasteiger partial charge in [0.2, 0.25) is 5.91 Å². The number of amides is 3. The average Bonchev–Trinajstić information content (AvgIpc) is 3.19. The maximum atomic E-state index is 13.7. The van der Waals surface area contributed by atoms with Gasteiger partial charge in [-0.05, 0) is 30.9 Å². The summed E-state index contributed by atoms with van der Waals surface area (Å²) in [5.74, 6) is -1.83. The van der Waals surface area contributed by atoms with Crippen molar-refractivity contribution in [3.63, 3.8) is 0 Å². The molecule has 0 spiro atoms. The zero-order chi connectivity index (χ0) is 21.3. The van der Waals surface area contributed by atoms with E-state index in [2.05, 4.69) is 16.7 Å². The van der Waals surface area contributed by atoms with Crippen LogP contribution < -0.4 is 16.4 Å². The topological polar surface area (TPSA) is 114 Å². The number of nitrogens with zero attached hydrogens (tertiary/aromatic N) is 1. The van der Waals surface area contributed by atoms with Crippen molar-refractivity contribution in [2.45, 2.75) is 50.2 Å². The van der Waals surface area contributed by atoms with Gasteiger partial charge in [0, 0.05) is 31.3 Å². The third-order valence-corrected chi connectivity index (χ3v) is 6.83. The Balaban J connectivity index is 1.59. The molecule has 30 heavy (non-hydrogen) atoms. The molecule has 0 unspecified atom stereocenters. The lowest BCUT2D eigenvalue weighted by molar-refractivity contribution is -0.142. The van der Waals surface area contributed by atoms with Gasteiger partial charge in [-0.25, -0.2) is 0 Å². The van der Waals surface area contributed by atoms with Crippen LogP contribution in [-0.2, 0) is 19.1 Å². The lowest BCUT2D eigenvalue weighted by atomic mass is 9.81. The molecule has 3 amide bonds. The molecule has 1 aromatic carbocycles. The molecule has 0 bridgehead atoms. The number of primary amides is 1. The molecule has 8 heteroatoms. The molecule has 4 rings (SSSR count). The normalized spacial score (nSPS) is 30.0. The molecular formula is C22H30N4O4. The minimum Gasteiger partial charge on any atom is -0.383 e. The molecule has 5 atom stereocenters. The van der Waals surface area contributed by atoms with Gasteiger partial charge in [-0.3, -0.25) is 14.4 Å². The second kappa shape index (κ2) is 8.63. The van der Waals surface area contributed by atoms with Crippen LogP contribution in [0.25, 0.3) is 0 Å². The van der Waals surface area contributed by atoms with Gasteiger partial charge in [-0.15, -0.1) is 0 Å². The Morgan fingerprint density at radius 3 is 2.73 bits per heavy atom. The van der Waals surface area contributed by atoms with Gasteiger partial charge in [-0.1, -0.05) is 31.0 Å². The molecule has 0 aromatic heterocycles. The summed E-state index contributed by atoms with van der Waals surface area (Å²) in [4.78, 5) is 38.8. The molecule has 1 saturated carbocycles. The Labute approximate surface area is 176 Å². The molecule has 1 aliphatic carbocycles. The summed E-state index contributed by atoms with van der Waals surface area (Å²) in [6.45, 7) is 1.26. The number of rotatable bonds is 4. The zero-order valence-corrected chi connectivity index (χ0v) is 17.3. The fourth-order valence-corrected chi connectivity index (χ4v) is 5.47. The number of carbonyl (C=O) groups excluding carboxylic acids is 3. The van der Waals surface area contributed by atoms with Crippen LogP contribution in [0, 0.1) is 11.8 Å². The number of ether oxygens (including phenoxy) is 1. The maximum Gasteiger partial charge on any atom is 0.309 e. The number of hydrogen-bond acceptors (Lipinski definition) is 5. The van der Waals surface area contributed by atoms with E-state index in [4.69, 9.17) is 10.5 Å². The zero-order valence-electron chi connectivity index (χ0n) is 17.3. The van der Waals surface area contributed by atoms with E-state index in [9.17, 15) is 14.4 Å². The van der Waals surface area contributed by atoms with Gasteiger partial charge < -0.3 is 26.0 Å². The van der Waals surface area contributed by atoms with Crippen molar-refractivity contribution in [2.24, 2.45) is 17.6 Å². The maximum absolute atomic E-state index is 13.7. The van der Waals surface area contributed by atoms with E-state index in [1.807, 2.05) is 23.1 Å². The molecular weight excluding hydrogens is 384 g/mol. The van der Waals surface area contributed by atoms with Crippen molar-refractivity contribution in [3.05, 3.63) is 29.8 Å². The van der Waals surface area contributed by atoms with Crippen molar-refractivity contribution in [1.82, 2.24) is 10.2 Å². The lowest BCUT2D eigenvalue weighted by Crippen LogP contribution is -2.52. The van der Waals surface area contributed by atoms with E-state index >= 15 is 0 Å². The van der Waals surface area contributed by atoms with E-state index in [1.165, 1.54) is 0 Å². The summed E-state index contributed by atoms with van der Waals surface area (Å²) >= 11 is 0. The number of nitrogens with two attached hydrogens (primary N) is 1. The SMILES string of the molecule is COC[C@@H]1Nc2ccccc2[C@H]2[C@H]1CCN2C(=O)[C@H]1CCCC[C@H]1NC(=O)C(N)=O. The van der Waals surface area contributed by atoms with Crippen molar-refractivity contribution in [3.8, 4) is 0 Å². The van der Waals surface area contributed by atoms with Crippen LogP contribution in [0.4, 0.5) is 5.69 Å². The predicted octanol–water partition coefficient (Wildman–Crippen LogP) is 1.18. The number of methoxy groups -OCH3 is 1. The first-order valence-corrected chi connectivity index (χ1v) is 10.8. The van der Waals surface area contributed by atoms with E-state index in [-0.39, 0.29) is 35.9 Å². The van der Waals surface area contributed by atoms with E-state index in [0.29, 0.717) is 26.0 Å². The van der Waals surface area contributed by atoms with Crippen LogP contribution >= 0.6 is 0 Å². The van der Waals surface area contributed by atoms with Crippen molar-refractivity contribution < 1.29 is 19.1 Å². The Morgan fingerprint density at radius 1 is 1.20 bits per heavy atom. The van der Waals surface area contributed by atoms with Crippen LogP contribution in [0.2, 0.25) is 0 Å². The second-order valence-electron chi connectivity index (χ2n) is 8.56. The third kappa shape index (κ3) is 3.76. The first-order valence-electron chi connectivity index (χ1n) is 10.8. The molecule has 4 N–H and O–H groups in total. The van der Waals surface area contributed by atoms with Crippen LogP contribution in [0.15, 0.2) is 24.3 Å². The quantitative estimate of drug-likeness (QED) is 0.640. The number of likely N-dealkylation sites (tertiary alicyclic amines) is 1. The minimum absolute atomic E-state index is 0.00971. The van der Waals surface area contributed by atoms with Crippen molar-refractivity contribution in [1.29, 1.82) is 0 Å². The van der Waals surface area contributed by atoms with Gasteiger partial charge in [0.15, 0.2) is 0 Å². The molecule has 0 radical (unpaired) electrons. The molecule has 2 fully saturated rings. The van der Waals surface area contributed by atoms with Crippen LogP contribution in [-0.4, -0.2) is 55.0 Å². The van der Waals surface area contributed by atoms with Crippen LogP contribution in [0.1, 0.15) is 43.7 Å². The first-order chi connectivity index (χ1) is 14.5. The summed E-state index contributed by atoms with van der Waals surface area (Å²) in [5, 5.41) is 6.28. The minimum atomic E-state index is -1.01. The summed E-state index contributed by atoms with van der Waals surface area (Å²) in [7, 11) is 1.70. The van der Waals surface area contributed by atoms with Gasteiger partial charge in [0.05, 0.1) is 24.6 Å². The number of anilines is 1. The Hall–Kier alpha value is -2.61. The van der Waals surface area contributed by atoms with Gasteiger partial charge in [-0.2, -0.15) is 0 Å². The van der Waals surface area contributed by atoms with E-state index < -0.39 is 11.8 Å². The molecule has 8 nitrogen and oxygen atoms in total. The molecule has 1 saturated heterocycles. The number of carbonyl (C=O) groups is 3. The van der Waals surface area contributed by atoms with Crippen LogP contribution in [0.5, 0.6) is 0 Å². The summed E-state index contributed by atoms with van der Waals surface area (Å²) < 4.78 is 5.44. The number of nitrogens with one attached hydrogen (secondary N) is 2. The Bertz CT molecular complexity index is 829. The highest BCUT2D eigenvalue weighted by molar-refractivity contribution is 6.34. The van der Waals surface area contributed by atoms with Crippen molar-refractivity contribution >= 4 is 23.4 Å². The Morgan fingerprint density at radius 2 is 1.97 bits per heavy atom. The molecule has 1 aromatic rings. The smallest absolute Gasteiger partial charge is 0.309 e. The molecule has 2 heterocycles. The summed E-state index contributed by atoms with van der Waals surface area (Å²) in [5.41, 5.74) is 7.29. The number of benzene rings is 1. The highest BCUT2D eigenvalue weighted by Crippen LogP contribution is 2.47. The first kappa shape index (κ1) is 20.7. The average molecular weight is 415 g/mol. The largest absolute Gasteiger partial charge is 0.383 e. The fourth-order valence-electron chi connectivity index (χ4n) is 5.47. The van der Waals surface area contributed by atoms with Gasteiger partial charge in [0.25, 0.3) is 0 Å². The van der Waals surface area contributed by atoms with Crippen molar-refractivity contribution in [2.75, 3.05) is 25.6 Å². The number of para-hydroxylation sites is 1. The van der Waals surface area contributed by atoms with E-state index in [1.54, 1.807) is 7.11 Å². The standard InChI is InChI=1S/C22H30N4O4/c1-30-12-18-14-10-11-26(19(14)13-6-2-4-8-16(13)24-18)22(29)15-7-3-5-9-17(15)25-21(28)20(23)27/h2,4,6,8,14-15,17-19,24H,3,5,7,9-12H2,1H3,(H2,23,27)(H,25,28)/t14-,15-,17+,18-,19-/m0/s1. The molecule has 2 aliphatic heterocycles. The Kier molecular flexibility index (Phi) is 5.94. The third-order valence-electron chi connectivity index (χ3n) is 6.83. The van der Waals surface area contributed by atoms with Gasteiger partial charge in [0.1, 0.15) is 0 Å². The number of fused-ring (bicyclic) bond motifs is 3.